The lowest BCUT2D eigenvalue weighted by Gasteiger charge is -2.31. The Hall–Kier alpha value is -3.84. The summed E-state index contributed by atoms with van der Waals surface area (Å²) in [6, 6.07) is 24.2. The van der Waals surface area contributed by atoms with Crippen molar-refractivity contribution in [3.05, 3.63) is 95.6 Å². The summed E-state index contributed by atoms with van der Waals surface area (Å²) in [5.41, 5.74) is 1.20. The number of likely N-dealkylation sites (tertiary alicyclic amines) is 1. The molecule has 3 amide bonds. The lowest BCUT2D eigenvalue weighted by molar-refractivity contribution is -0.131. The van der Waals surface area contributed by atoms with Crippen molar-refractivity contribution in [3.63, 3.8) is 0 Å². The van der Waals surface area contributed by atoms with Crippen molar-refractivity contribution in [3.8, 4) is 11.5 Å². The lowest BCUT2D eigenvalue weighted by Crippen LogP contribution is -2.46. The zero-order chi connectivity index (χ0) is 24.4. The summed E-state index contributed by atoms with van der Waals surface area (Å²) in [7, 11) is 3.29. The first kappa shape index (κ1) is 22.9. The zero-order valence-electron chi connectivity index (χ0n) is 19.9. The number of nitrogens with zero attached hydrogens (tertiary/aromatic N) is 2. The summed E-state index contributed by atoms with van der Waals surface area (Å²) in [5, 5.41) is 3.04. The van der Waals surface area contributed by atoms with Gasteiger partial charge in [-0.2, -0.15) is 0 Å². The smallest absolute Gasteiger partial charge is 0.326 e. The van der Waals surface area contributed by atoms with E-state index in [1.807, 2.05) is 78.9 Å². The molecule has 3 aromatic carbocycles. The van der Waals surface area contributed by atoms with Gasteiger partial charge in [-0.25, -0.2) is 9.69 Å². The second-order valence-corrected chi connectivity index (χ2v) is 8.87. The zero-order valence-corrected chi connectivity index (χ0v) is 19.9. The largest absolute Gasteiger partial charge is 0.497 e. The first-order valence-corrected chi connectivity index (χ1v) is 11.8. The van der Waals surface area contributed by atoms with E-state index in [1.54, 1.807) is 14.2 Å². The molecule has 5 rings (SSSR count). The van der Waals surface area contributed by atoms with Gasteiger partial charge in [0.1, 0.15) is 11.5 Å². The van der Waals surface area contributed by atoms with Crippen LogP contribution in [0.2, 0.25) is 0 Å². The summed E-state index contributed by atoms with van der Waals surface area (Å²) in [6.45, 7) is 0.961. The van der Waals surface area contributed by atoms with Crippen LogP contribution in [0, 0.1) is 0 Å². The molecule has 2 aliphatic rings. The predicted octanol–water partition coefficient (Wildman–Crippen LogP) is 4.29. The highest BCUT2D eigenvalue weighted by Crippen LogP contribution is 2.41. The topological polar surface area (TPSA) is 71.1 Å². The van der Waals surface area contributed by atoms with Crippen molar-refractivity contribution in [2.45, 2.75) is 24.4 Å². The Morgan fingerprint density at radius 3 is 2.17 bits per heavy atom. The van der Waals surface area contributed by atoms with Crippen LogP contribution >= 0.6 is 0 Å². The van der Waals surface area contributed by atoms with Crippen LogP contribution in [0.3, 0.4) is 0 Å². The van der Waals surface area contributed by atoms with Crippen LogP contribution in [0.25, 0.3) is 0 Å². The maximum absolute atomic E-state index is 14.1. The maximum Gasteiger partial charge on any atom is 0.326 e. The number of hydrogen-bond donors (Lipinski definition) is 1. The van der Waals surface area contributed by atoms with Crippen LogP contribution in [-0.4, -0.2) is 49.2 Å². The monoisotopic (exact) mass is 471 g/mol. The number of urea groups is 1. The number of methoxy groups -OCH3 is 2. The Kier molecular flexibility index (Phi) is 6.17. The van der Waals surface area contributed by atoms with E-state index in [2.05, 4.69) is 10.2 Å². The Labute approximate surface area is 205 Å². The molecule has 3 aromatic rings. The standard InChI is InChI=1S/C28H29N3O4/c1-34-22-15-16-25(35-2)23(18-22)24-14-9-17-30(24)19-31-26(32)28(29-27(31)33,20-10-5-3-6-11-20)21-12-7-4-8-13-21/h3-8,10-13,15-16,18,24H,9,14,17,19H2,1-2H3,(H,29,33)/t24-/m1/s1. The van der Waals surface area contributed by atoms with Crippen LogP contribution < -0.4 is 14.8 Å². The summed E-state index contributed by atoms with van der Waals surface area (Å²) >= 11 is 0. The summed E-state index contributed by atoms with van der Waals surface area (Å²) in [6.07, 6.45) is 1.85. The molecular formula is C28H29N3O4. The summed E-state index contributed by atoms with van der Waals surface area (Å²) < 4.78 is 11.1. The molecule has 0 aromatic heterocycles. The number of imide groups is 1. The average Bonchev–Trinajstić information content (AvgIpc) is 3.48. The number of carbonyl (C=O) groups excluding carboxylic acids is 2. The molecule has 0 bridgehead atoms. The number of carbonyl (C=O) groups is 2. The minimum absolute atomic E-state index is 0.00380. The molecule has 35 heavy (non-hydrogen) atoms. The number of amides is 3. The molecule has 7 nitrogen and oxygen atoms in total. The minimum atomic E-state index is -1.26. The molecule has 0 radical (unpaired) electrons. The van der Waals surface area contributed by atoms with Gasteiger partial charge in [0.2, 0.25) is 0 Å². The Balaban J connectivity index is 1.49. The summed E-state index contributed by atoms with van der Waals surface area (Å²) in [4.78, 5) is 30.9. The van der Waals surface area contributed by atoms with E-state index < -0.39 is 11.6 Å². The molecule has 0 unspecified atom stereocenters. The van der Waals surface area contributed by atoms with Gasteiger partial charge in [-0.05, 0) is 42.2 Å². The van der Waals surface area contributed by atoms with Gasteiger partial charge in [0.15, 0.2) is 5.54 Å². The molecular weight excluding hydrogens is 442 g/mol. The average molecular weight is 472 g/mol. The highest BCUT2D eigenvalue weighted by Gasteiger charge is 2.54. The van der Waals surface area contributed by atoms with Gasteiger partial charge in [-0.1, -0.05) is 60.7 Å². The fraction of sp³-hybridized carbons (Fsp3) is 0.286. The van der Waals surface area contributed by atoms with Crippen molar-refractivity contribution in [2.24, 2.45) is 0 Å². The quantitative estimate of drug-likeness (QED) is 0.521. The van der Waals surface area contributed by atoms with Gasteiger partial charge in [0, 0.05) is 18.2 Å². The molecule has 0 spiro atoms. The molecule has 2 heterocycles. The van der Waals surface area contributed by atoms with Crippen LogP contribution in [0.1, 0.15) is 35.6 Å². The molecule has 1 N–H and O–H groups in total. The molecule has 0 aliphatic carbocycles. The molecule has 1 atom stereocenters. The Morgan fingerprint density at radius 2 is 1.57 bits per heavy atom. The van der Waals surface area contributed by atoms with Crippen LogP contribution in [-0.2, 0) is 10.3 Å². The van der Waals surface area contributed by atoms with Gasteiger partial charge in [-0.3, -0.25) is 9.69 Å². The molecule has 2 aliphatic heterocycles. The first-order chi connectivity index (χ1) is 17.1. The highest BCUT2D eigenvalue weighted by molar-refractivity contribution is 6.09. The third-order valence-corrected chi connectivity index (χ3v) is 7.00. The normalized spacial score (nSPS) is 19.6. The van der Waals surface area contributed by atoms with Crippen LogP contribution in [0.15, 0.2) is 78.9 Å². The van der Waals surface area contributed by atoms with Gasteiger partial charge in [-0.15, -0.1) is 0 Å². The lowest BCUT2D eigenvalue weighted by atomic mass is 9.83. The molecule has 180 valence electrons. The molecule has 2 saturated heterocycles. The van der Waals surface area contributed by atoms with Crippen molar-refractivity contribution in [1.29, 1.82) is 0 Å². The number of ether oxygens (including phenoxy) is 2. The number of hydrogen-bond acceptors (Lipinski definition) is 5. The Bertz CT molecular complexity index is 1180. The van der Waals surface area contributed by atoms with Crippen LogP contribution in [0.5, 0.6) is 11.5 Å². The number of rotatable bonds is 7. The van der Waals surface area contributed by atoms with E-state index in [1.165, 1.54) is 4.90 Å². The van der Waals surface area contributed by atoms with Gasteiger partial charge in [0.25, 0.3) is 5.91 Å². The van der Waals surface area contributed by atoms with Gasteiger partial charge < -0.3 is 14.8 Å². The summed E-state index contributed by atoms with van der Waals surface area (Å²) in [5.74, 6) is 1.24. The van der Waals surface area contributed by atoms with Crippen LogP contribution in [0.4, 0.5) is 4.79 Å². The second-order valence-electron chi connectivity index (χ2n) is 8.87. The van der Waals surface area contributed by atoms with E-state index in [0.29, 0.717) is 0 Å². The van der Waals surface area contributed by atoms with E-state index in [-0.39, 0.29) is 18.6 Å². The van der Waals surface area contributed by atoms with E-state index in [0.717, 1.165) is 47.6 Å². The fourth-order valence-electron chi connectivity index (χ4n) is 5.27. The molecule has 7 heteroatoms. The van der Waals surface area contributed by atoms with Crippen molar-refractivity contribution in [2.75, 3.05) is 27.4 Å². The van der Waals surface area contributed by atoms with Crippen molar-refractivity contribution in [1.82, 2.24) is 15.1 Å². The van der Waals surface area contributed by atoms with Crippen molar-refractivity contribution >= 4 is 11.9 Å². The fourth-order valence-corrected chi connectivity index (χ4v) is 5.27. The second kappa shape index (κ2) is 9.43. The SMILES string of the molecule is COc1ccc(OC)c([C@H]2CCCN2CN2C(=O)NC(c3ccccc3)(c3ccccc3)C2=O)c1. The van der Waals surface area contributed by atoms with Crippen molar-refractivity contribution < 1.29 is 19.1 Å². The molecule has 2 fully saturated rings. The van der Waals surface area contributed by atoms with E-state index in [4.69, 9.17) is 9.47 Å². The third kappa shape index (κ3) is 3.91. The van der Waals surface area contributed by atoms with Gasteiger partial charge >= 0.3 is 6.03 Å². The molecule has 0 saturated carbocycles. The van der Waals surface area contributed by atoms with E-state index in [9.17, 15) is 9.59 Å². The first-order valence-electron chi connectivity index (χ1n) is 11.8. The van der Waals surface area contributed by atoms with Gasteiger partial charge in [0.05, 0.1) is 20.9 Å². The van der Waals surface area contributed by atoms with E-state index >= 15 is 0 Å². The number of nitrogens with one attached hydrogen (secondary N) is 1. The third-order valence-electron chi connectivity index (χ3n) is 7.00. The predicted molar refractivity (Wildman–Crippen MR) is 132 cm³/mol. The number of benzene rings is 3. The maximum atomic E-state index is 14.1. The highest BCUT2D eigenvalue weighted by atomic mass is 16.5. The minimum Gasteiger partial charge on any atom is -0.497 e. The Morgan fingerprint density at radius 1 is 0.914 bits per heavy atom.